The molecule has 1 saturated heterocycles. The fraction of sp³-hybridized carbons (Fsp3) is 0.733. The third-order valence-electron chi connectivity index (χ3n) is 4.12. The highest BCUT2D eigenvalue weighted by atomic mass is 15.3. The Morgan fingerprint density at radius 3 is 2.70 bits per heavy atom. The molecule has 2 unspecified atom stereocenters. The number of nitrogens with two attached hydrogens (primary N) is 1. The zero-order valence-corrected chi connectivity index (χ0v) is 12.9. The van der Waals surface area contributed by atoms with Crippen LogP contribution in [0.15, 0.2) is 12.4 Å². The van der Waals surface area contributed by atoms with Gasteiger partial charge in [0.05, 0.1) is 0 Å². The topological polar surface area (TPSA) is 58.3 Å². The molecule has 1 fully saturated rings. The molecule has 2 rings (SSSR count). The van der Waals surface area contributed by atoms with Crippen molar-refractivity contribution < 1.29 is 0 Å². The Bertz CT molecular complexity index is 403. The molecule has 0 saturated carbocycles. The Balaban J connectivity index is 1.98. The molecule has 5 heteroatoms. The minimum Gasteiger partial charge on any atom is -0.339 e. The summed E-state index contributed by atoms with van der Waals surface area (Å²) in [5.74, 6) is 0.852. The van der Waals surface area contributed by atoms with Gasteiger partial charge in [-0.3, -0.25) is 0 Å². The molecule has 1 aromatic heterocycles. The molecule has 2 N–H and O–H groups in total. The van der Waals surface area contributed by atoms with Crippen molar-refractivity contribution in [2.45, 2.75) is 44.7 Å². The van der Waals surface area contributed by atoms with E-state index in [0.717, 1.165) is 37.4 Å². The van der Waals surface area contributed by atoms with E-state index in [9.17, 15) is 0 Å². The minimum atomic E-state index is 0.206. The van der Waals surface area contributed by atoms with Crippen molar-refractivity contribution in [3.05, 3.63) is 18.0 Å². The number of rotatable bonds is 5. The molecule has 1 aliphatic rings. The van der Waals surface area contributed by atoms with Crippen LogP contribution in [0, 0.1) is 0 Å². The summed E-state index contributed by atoms with van der Waals surface area (Å²) in [6, 6.07) is 0.804. The lowest BCUT2D eigenvalue weighted by Gasteiger charge is -2.36. The van der Waals surface area contributed by atoms with Crippen molar-refractivity contribution in [1.82, 2.24) is 14.9 Å². The van der Waals surface area contributed by atoms with E-state index in [2.05, 4.69) is 40.8 Å². The molecule has 0 spiro atoms. The van der Waals surface area contributed by atoms with E-state index < -0.39 is 0 Å². The van der Waals surface area contributed by atoms with Crippen LogP contribution >= 0.6 is 0 Å². The van der Waals surface area contributed by atoms with Gasteiger partial charge in [0.15, 0.2) is 0 Å². The first-order chi connectivity index (χ1) is 9.60. The van der Waals surface area contributed by atoms with Gasteiger partial charge in [0.25, 0.3) is 0 Å². The maximum absolute atomic E-state index is 5.97. The van der Waals surface area contributed by atoms with Gasteiger partial charge in [0, 0.05) is 37.6 Å². The zero-order chi connectivity index (χ0) is 14.5. The highest BCUT2D eigenvalue weighted by Crippen LogP contribution is 2.18. The Morgan fingerprint density at radius 2 is 2.10 bits per heavy atom. The van der Waals surface area contributed by atoms with Gasteiger partial charge in [-0.2, -0.15) is 0 Å². The molecule has 20 heavy (non-hydrogen) atoms. The van der Waals surface area contributed by atoms with E-state index in [1.807, 2.05) is 12.4 Å². The molecule has 0 bridgehead atoms. The van der Waals surface area contributed by atoms with E-state index in [1.54, 1.807) is 0 Å². The summed E-state index contributed by atoms with van der Waals surface area (Å²) >= 11 is 0. The Morgan fingerprint density at radius 1 is 1.40 bits per heavy atom. The van der Waals surface area contributed by atoms with Crippen molar-refractivity contribution in [3.8, 4) is 0 Å². The number of aromatic nitrogens is 2. The first kappa shape index (κ1) is 15.2. The quantitative estimate of drug-likeness (QED) is 0.879. The van der Waals surface area contributed by atoms with E-state index in [0.29, 0.717) is 6.04 Å². The molecule has 2 atom stereocenters. The molecule has 1 aliphatic heterocycles. The van der Waals surface area contributed by atoms with Crippen LogP contribution in [0.1, 0.15) is 31.7 Å². The summed E-state index contributed by atoms with van der Waals surface area (Å²) in [4.78, 5) is 13.6. The van der Waals surface area contributed by atoms with E-state index in [4.69, 9.17) is 5.73 Å². The summed E-state index contributed by atoms with van der Waals surface area (Å²) < 4.78 is 0. The number of anilines is 1. The molecular formula is C15H27N5. The molecule has 5 nitrogen and oxygen atoms in total. The standard InChI is InChI=1S/C15H27N5/c1-4-13(16)8-12-9-17-15(18-10-12)20-7-5-6-14(11-20)19(2)3/h9-10,13-14H,4-8,11,16H2,1-3H3. The first-order valence-corrected chi connectivity index (χ1v) is 7.58. The van der Waals surface area contributed by atoms with Crippen LogP contribution in [0.3, 0.4) is 0 Å². The molecule has 1 aromatic rings. The summed E-state index contributed by atoms with van der Waals surface area (Å²) in [6.07, 6.45) is 8.16. The maximum atomic E-state index is 5.97. The SMILES string of the molecule is CCC(N)Cc1cnc(N2CCCC(N(C)C)C2)nc1. The second-order valence-electron chi connectivity index (χ2n) is 5.97. The maximum Gasteiger partial charge on any atom is 0.225 e. The lowest BCUT2D eigenvalue weighted by Crippen LogP contribution is -2.45. The van der Waals surface area contributed by atoms with Gasteiger partial charge >= 0.3 is 0 Å². The van der Waals surface area contributed by atoms with Crippen LogP contribution in [-0.4, -0.2) is 54.1 Å². The summed E-state index contributed by atoms with van der Waals surface area (Å²) in [7, 11) is 4.29. The van der Waals surface area contributed by atoms with Gasteiger partial charge in [0.2, 0.25) is 5.95 Å². The van der Waals surface area contributed by atoms with Gasteiger partial charge in [-0.05, 0) is 45.3 Å². The number of likely N-dealkylation sites (N-methyl/N-ethyl adjacent to an activating group) is 1. The van der Waals surface area contributed by atoms with Gasteiger partial charge in [-0.1, -0.05) is 6.92 Å². The van der Waals surface area contributed by atoms with Crippen molar-refractivity contribution >= 4 is 5.95 Å². The average molecular weight is 277 g/mol. The normalized spacial score (nSPS) is 21.2. The van der Waals surface area contributed by atoms with Crippen LogP contribution in [0.25, 0.3) is 0 Å². The summed E-state index contributed by atoms with van der Waals surface area (Å²) in [6.45, 7) is 4.17. The first-order valence-electron chi connectivity index (χ1n) is 7.58. The van der Waals surface area contributed by atoms with Crippen molar-refractivity contribution in [1.29, 1.82) is 0 Å². The van der Waals surface area contributed by atoms with Crippen LogP contribution in [0.2, 0.25) is 0 Å². The molecule has 2 heterocycles. The van der Waals surface area contributed by atoms with Crippen LogP contribution in [-0.2, 0) is 6.42 Å². The third-order valence-corrected chi connectivity index (χ3v) is 4.12. The smallest absolute Gasteiger partial charge is 0.225 e. The van der Waals surface area contributed by atoms with Gasteiger partial charge in [-0.15, -0.1) is 0 Å². The monoisotopic (exact) mass is 277 g/mol. The Labute approximate surface area is 122 Å². The average Bonchev–Trinajstić information content (AvgIpc) is 2.48. The lowest BCUT2D eigenvalue weighted by molar-refractivity contribution is 0.257. The zero-order valence-electron chi connectivity index (χ0n) is 12.9. The van der Waals surface area contributed by atoms with E-state index in [-0.39, 0.29) is 6.04 Å². The second-order valence-corrected chi connectivity index (χ2v) is 5.97. The fourth-order valence-corrected chi connectivity index (χ4v) is 2.62. The second kappa shape index (κ2) is 6.99. The molecule has 0 amide bonds. The summed E-state index contributed by atoms with van der Waals surface area (Å²) in [5, 5.41) is 0. The summed E-state index contributed by atoms with van der Waals surface area (Å²) in [5.41, 5.74) is 7.09. The van der Waals surface area contributed by atoms with Crippen molar-refractivity contribution in [2.75, 3.05) is 32.1 Å². The van der Waals surface area contributed by atoms with Crippen LogP contribution < -0.4 is 10.6 Å². The van der Waals surface area contributed by atoms with E-state index >= 15 is 0 Å². The number of hydrogen-bond acceptors (Lipinski definition) is 5. The minimum absolute atomic E-state index is 0.206. The molecule has 112 valence electrons. The number of hydrogen-bond donors (Lipinski definition) is 1. The molecule has 0 aromatic carbocycles. The Kier molecular flexibility index (Phi) is 5.31. The van der Waals surface area contributed by atoms with Crippen molar-refractivity contribution in [3.63, 3.8) is 0 Å². The number of nitrogens with zero attached hydrogens (tertiary/aromatic N) is 4. The third kappa shape index (κ3) is 3.90. The predicted molar refractivity (Wildman–Crippen MR) is 82.9 cm³/mol. The molecular weight excluding hydrogens is 250 g/mol. The largest absolute Gasteiger partial charge is 0.339 e. The van der Waals surface area contributed by atoms with Gasteiger partial charge < -0.3 is 15.5 Å². The van der Waals surface area contributed by atoms with Crippen LogP contribution in [0.5, 0.6) is 0 Å². The van der Waals surface area contributed by atoms with Crippen molar-refractivity contribution in [2.24, 2.45) is 5.73 Å². The predicted octanol–water partition coefficient (Wildman–Crippen LogP) is 1.29. The number of piperidine rings is 1. The van der Waals surface area contributed by atoms with Gasteiger partial charge in [0.1, 0.15) is 0 Å². The highest BCUT2D eigenvalue weighted by Gasteiger charge is 2.22. The Hall–Kier alpha value is -1.20. The molecule has 0 radical (unpaired) electrons. The lowest BCUT2D eigenvalue weighted by atomic mass is 10.1. The molecule has 0 aliphatic carbocycles. The van der Waals surface area contributed by atoms with Gasteiger partial charge in [-0.25, -0.2) is 9.97 Å². The fourth-order valence-electron chi connectivity index (χ4n) is 2.62. The van der Waals surface area contributed by atoms with Crippen LogP contribution in [0.4, 0.5) is 5.95 Å². The van der Waals surface area contributed by atoms with E-state index in [1.165, 1.54) is 12.8 Å². The highest BCUT2D eigenvalue weighted by molar-refractivity contribution is 5.31.